The highest BCUT2D eigenvalue weighted by atomic mass is 32.1. The van der Waals surface area contributed by atoms with Gasteiger partial charge in [0.2, 0.25) is 0 Å². The van der Waals surface area contributed by atoms with Gasteiger partial charge in [-0.1, -0.05) is 36.4 Å². The van der Waals surface area contributed by atoms with E-state index in [0.717, 1.165) is 42.8 Å². The molecule has 0 saturated heterocycles. The van der Waals surface area contributed by atoms with Gasteiger partial charge in [-0.25, -0.2) is 0 Å². The molecule has 0 saturated carbocycles. The third-order valence-electron chi connectivity index (χ3n) is 9.71. The van der Waals surface area contributed by atoms with Gasteiger partial charge in [-0.05, 0) is 107 Å². The van der Waals surface area contributed by atoms with Gasteiger partial charge in [-0.2, -0.15) is 26.3 Å². The molecule has 8 aromatic rings. The van der Waals surface area contributed by atoms with Crippen LogP contribution in [0.2, 0.25) is 0 Å². The molecule has 0 N–H and O–H groups in total. The number of benzene rings is 4. The fourth-order valence-corrected chi connectivity index (χ4v) is 11.6. The van der Waals surface area contributed by atoms with E-state index in [-0.39, 0.29) is 20.9 Å². The third kappa shape index (κ3) is 5.63. The molecule has 0 amide bonds. The van der Waals surface area contributed by atoms with Crippen LogP contribution in [0.3, 0.4) is 0 Å². The van der Waals surface area contributed by atoms with Crippen molar-refractivity contribution in [2.24, 2.45) is 0 Å². The van der Waals surface area contributed by atoms with E-state index in [2.05, 4.69) is 0 Å². The molecule has 0 bridgehead atoms. The Labute approximate surface area is 327 Å². The van der Waals surface area contributed by atoms with Crippen molar-refractivity contribution in [1.82, 2.24) is 0 Å². The number of ether oxygens (including phenoxy) is 2. The fraction of sp³-hybridized carbons (Fsp3) is 0.116. The normalized spacial score (nSPS) is 16.0. The Morgan fingerprint density at radius 2 is 0.800 bits per heavy atom. The van der Waals surface area contributed by atoms with Crippen molar-refractivity contribution in [2.75, 3.05) is 14.2 Å². The van der Waals surface area contributed by atoms with E-state index in [9.17, 15) is 0 Å². The van der Waals surface area contributed by atoms with Crippen molar-refractivity contribution < 1.29 is 35.8 Å². The maximum atomic E-state index is 16.7. The van der Waals surface area contributed by atoms with Gasteiger partial charge in [-0.3, -0.25) is 0 Å². The van der Waals surface area contributed by atoms with Crippen molar-refractivity contribution >= 4 is 76.7 Å². The first-order valence-electron chi connectivity index (χ1n) is 16.8. The molecule has 1 aliphatic rings. The second kappa shape index (κ2) is 13.1. The van der Waals surface area contributed by atoms with Crippen molar-refractivity contribution in [3.63, 3.8) is 0 Å². The highest BCUT2D eigenvalue weighted by Crippen LogP contribution is 2.67. The van der Waals surface area contributed by atoms with Crippen molar-refractivity contribution in [2.45, 2.75) is 17.8 Å². The van der Waals surface area contributed by atoms with Crippen LogP contribution in [-0.2, 0) is 0 Å². The summed E-state index contributed by atoms with van der Waals surface area (Å²) in [4.78, 5) is 2.65. The summed E-state index contributed by atoms with van der Waals surface area (Å²) in [6.07, 6.45) is 0. The van der Waals surface area contributed by atoms with Crippen molar-refractivity contribution in [1.29, 1.82) is 0 Å². The molecule has 4 heterocycles. The lowest BCUT2D eigenvalue weighted by molar-refractivity contribution is -0.254. The highest BCUT2D eigenvalue weighted by molar-refractivity contribution is 7.28. The van der Waals surface area contributed by atoms with Crippen molar-refractivity contribution in [3.8, 4) is 51.9 Å². The van der Waals surface area contributed by atoms with Crippen LogP contribution in [-0.4, -0.2) is 32.0 Å². The van der Waals surface area contributed by atoms with Crippen LogP contribution in [0.15, 0.2) is 121 Å². The topological polar surface area (TPSA) is 18.5 Å². The summed E-state index contributed by atoms with van der Waals surface area (Å²) in [7, 11) is 2.94. The number of thiophene rings is 4. The van der Waals surface area contributed by atoms with Crippen LogP contribution in [0, 0.1) is 0 Å². The van der Waals surface area contributed by atoms with Gasteiger partial charge < -0.3 is 9.47 Å². The Balaban J connectivity index is 1.35. The van der Waals surface area contributed by atoms with E-state index in [1.54, 1.807) is 48.5 Å². The van der Waals surface area contributed by atoms with Crippen LogP contribution in [0.1, 0.15) is 11.1 Å². The zero-order valence-corrected chi connectivity index (χ0v) is 32.0. The Kier molecular flexibility index (Phi) is 8.54. The monoisotopic (exact) mass is 816 g/mol. The third-order valence-corrected chi connectivity index (χ3v) is 14.7. The Morgan fingerprint density at radius 3 is 1.16 bits per heavy atom. The molecule has 1 aliphatic carbocycles. The number of methoxy groups -OCH3 is 2. The first-order chi connectivity index (χ1) is 26.4. The Hall–Kier alpha value is -4.88. The van der Waals surface area contributed by atoms with E-state index in [1.165, 1.54) is 49.0 Å². The zero-order valence-electron chi connectivity index (χ0n) is 28.8. The number of halogens is 6. The standard InChI is InChI=1S/C43H26F6O2S4/c1-50-27-15-11-23(12-16-27)39-29(21-35(54-39)33-19-25-7-3-5-9-31(25)52-33)37-38(42(46,47)43(48,49)41(37,44)45)30-22-36(34-20-26-8-4-6-10-32(26)53-34)55-40(30)24-13-17-28(51-2)18-14-24/h3-22H,1-2H3. The minimum atomic E-state index is -5.75. The van der Waals surface area contributed by atoms with Crippen LogP contribution >= 0.6 is 45.3 Å². The number of hydrogen-bond donors (Lipinski definition) is 0. The average Bonchev–Trinajstić information content (AvgIpc) is 4.01. The molecule has 12 heteroatoms. The smallest absolute Gasteiger partial charge is 0.380 e. The fourth-order valence-electron chi connectivity index (χ4n) is 6.95. The Bertz CT molecular complexity index is 2520. The summed E-state index contributed by atoms with van der Waals surface area (Å²) in [5.74, 6) is -15.3. The molecule has 55 heavy (non-hydrogen) atoms. The lowest BCUT2D eigenvalue weighted by Gasteiger charge is -2.26. The van der Waals surface area contributed by atoms with Crippen LogP contribution in [0.5, 0.6) is 11.5 Å². The summed E-state index contributed by atoms with van der Waals surface area (Å²) in [5, 5.41) is 1.81. The predicted octanol–water partition coefficient (Wildman–Crippen LogP) is 14.8. The minimum absolute atomic E-state index is 0.154. The van der Waals surface area contributed by atoms with Gasteiger partial charge in [0.05, 0.1) is 14.2 Å². The molecule has 0 fully saturated rings. The molecule has 0 aliphatic heterocycles. The number of alkyl halides is 6. The number of allylic oxidation sites excluding steroid dienone is 2. The second-order valence-electron chi connectivity index (χ2n) is 12.9. The largest absolute Gasteiger partial charge is 0.497 e. The van der Waals surface area contributed by atoms with E-state index in [0.29, 0.717) is 42.1 Å². The van der Waals surface area contributed by atoms with Gasteiger partial charge in [0, 0.05) is 60.9 Å². The maximum absolute atomic E-state index is 16.7. The molecule has 0 atom stereocenters. The van der Waals surface area contributed by atoms with E-state index in [1.807, 2.05) is 60.7 Å². The molecular weight excluding hydrogens is 791 g/mol. The summed E-state index contributed by atoms with van der Waals surface area (Å²) >= 11 is 4.99. The molecule has 0 radical (unpaired) electrons. The number of rotatable bonds is 8. The number of hydrogen-bond acceptors (Lipinski definition) is 6. The highest BCUT2D eigenvalue weighted by Gasteiger charge is 2.80. The van der Waals surface area contributed by atoms with Gasteiger partial charge in [0.25, 0.3) is 0 Å². The summed E-state index contributed by atoms with van der Waals surface area (Å²) in [5.41, 5.74) is -2.77. The molecule has 4 aromatic carbocycles. The van der Waals surface area contributed by atoms with E-state index >= 15 is 26.3 Å². The van der Waals surface area contributed by atoms with Crippen LogP contribution < -0.4 is 9.47 Å². The van der Waals surface area contributed by atoms with E-state index in [4.69, 9.17) is 9.47 Å². The molecule has 276 valence electrons. The molecular formula is C43H26F6O2S4. The summed E-state index contributed by atoms with van der Waals surface area (Å²) in [6, 6.07) is 34.5. The van der Waals surface area contributed by atoms with Gasteiger partial charge in [0.1, 0.15) is 11.5 Å². The Morgan fingerprint density at radius 1 is 0.436 bits per heavy atom. The SMILES string of the molecule is COc1ccc(-c2sc(-c3cc4ccccc4s3)cc2C2=C(c3cc(-c4cc5ccccc5s4)sc3-c3ccc(OC)cc3)C(F)(F)C(F)(F)C2(F)F)cc1. The van der Waals surface area contributed by atoms with Gasteiger partial charge in [0.15, 0.2) is 0 Å². The van der Waals surface area contributed by atoms with Crippen molar-refractivity contribution in [3.05, 3.63) is 132 Å². The van der Waals surface area contributed by atoms with Crippen LogP contribution in [0.25, 0.3) is 71.7 Å². The molecule has 9 rings (SSSR count). The molecule has 0 spiro atoms. The van der Waals surface area contributed by atoms with Gasteiger partial charge in [-0.15, -0.1) is 45.3 Å². The molecule has 2 nitrogen and oxygen atoms in total. The molecule has 4 aromatic heterocycles. The van der Waals surface area contributed by atoms with Gasteiger partial charge >= 0.3 is 17.8 Å². The zero-order chi connectivity index (χ0) is 38.3. The number of fused-ring (bicyclic) bond motifs is 2. The van der Waals surface area contributed by atoms with Crippen LogP contribution in [0.4, 0.5) is 26.3 Å². The quantitative estimate of drug-likeness (QED) is 0.142. The maximum Gasteiger partial charge on any atom is 0.380 e. The first kappa shape index (κ1) is 35.8. The first-order valence-corrected chi connectivity index (χ1v) is 20.1. The lowest BCUT2D eigenvalue weighted by Crippen LogP contribution is -2.48. The van der Waals surface area contributed by atoms with E-state index < -0.39 is 28.9 Å². The molecule has 0 unspecified atom stereocenters. The summed E-state index contributed by atoms with van der Waals surface area (Å²) in [6.45, 7) is 0. The second-order valence-corrected chi connectivity index (χ2v) is 17.2. The average molecular weight is 817 g/mol. The predicted molar refractivity (Wildman–Crippen MR) is 216 cm³/mol. The summed E-state index contributed by atoms with van der Waals surface area (Å²) < 4.78 is 111. The minimum Gasteiger partial charge on any atom is -0.497 e. The lowest BCUT2D eigenvalue weighted by atomic mass is 9.92.